The van der Waals surface area contributed by atoms with Crippen LogP contribution in [0.3, 0.4) is 0 Å². The van der Waals surface area contributed by atoms with E-state index in [9.17, 15) is 0 Å². The fourth-order valence-corrected chi connectivity index (χ4v) is 2.64. The van der Waals surface area contributed by atoms with Gasteiger partial charge in [0.2, 0.25) is 0 Å². The first-order valence-electron chi connectivity index (χ1n) is 6.73. The van der Waals surface area contributed by atoms with Crippen molar-refractivity contribution in [1.29, 1.82) is 0 Å². The number of rotatable bonds is 6. The lowest BCUT2D eigenvalue weighted by molar-refractivity contribution is 0.0990. The van der Waals surface area contributed by atoms with Gasteiger partial charge < -0.3 is 15.8 Å². The second kappa shape index (κ2) is 7.25. The van der Waals surface area contributed by atoms with Gasteiger partial charge in [0.1, 0.15) is 0 Å². The smallest absolute Gasteiger partial charge is 0.0656 e. The number of hydrogen-bond acceptors (Lipinski definition) is 3. The van der Waals surface area contributed by atoms with Crippen molar-refractivity contribution in [3.63, 3.8) is 0 Å². The fourth-order valence-electron chi connectivity index (χ4n) is 2.64. The topological polar surface area (TPSA) is 47.3 Å². The standard InChI is InChI=1S/C13H28N2O/c1-3-13(10-14,11-16-2)15-12-8-6-4-5-7-9-12/h12,15H,3-11,14H2,1-2H3. The minimum absolute atomic E-state index is 0.0102. The van der Waals surface area contributed by atoms with Crippen LogP contribution in [0.25, 0.3) is 0 Å². The second-order valence-corrected chi connectivity index (χ2v) is 5.10. The van der Waals surface area contributed by atoms with Crippen LogP contribution in [0, 0.1) is 0 Å². The predicted molar refractivity (Wildman–Crippen MR) is 68.6 cm³/mol. The Hall–Kier alpha value is -0.120. The Morgan fingerprint density at radius 3 is 2.31 bits per heavy atom. The first-order chi connectivity index (χ1) is 7.76. The van der Waals surface area contributed by atoms with Gasteiger partial charge in [0.25, 0.3) is 0 Å². The third kappa shape index (κ3) is 4.04. The van der Waals surface area contributed by atoms with Gasteiger partial charge in [0, 0.05) is 19.7 Å². The lowest BCUT2D eigenvalue weighted by atomic mass is 9.94. The van der Waals surface area contributed by atoms with Crippen LogP contribution in [0.2, 0.25) is 0 Å². The highest BCUT2D eigenvalue weighted by atomic mass is 16.5. The van der Waals surface area contributed by atoms with E-state index in [2.05, 4.69) is 12.2 Å². The summed E-state index contributed by atoms with van der Waals surface area (Å²) in [6.07, 6.45) is 9.13. The van der Waals surface area contributed by atoms with Crippen molar-refractivity contribution in [3.05, 3.63) is 0 Å². The maximum Gasteiger partial charge on any atom is 0.0656 e. The normalized spacial score (nSPS) is 22.7. The summed E-state index contributed by atoms with van der Waals surface area (Å²) in [4.78, 5) is 0. The third-order valence-electron chi connectivity index (χ3n) is 3.85. The zero-order valence-electron chi connectivity index (χ0n) is 10.9. The molecule has 1 aliphatic rings. The highest BCUT2D eigenvalue weighted by Crippen LogP contribution is 2.20. The van der Waals surface area contributed by atoms with Crippen LogP contribution in [0.1, 0.15) is 51.9 Å². The van der Waals surface area contributed by atoms with Crippen molar-refractivity contribution in [2.45, 2.75) is 63.5 Å². The van der Waals surface area contributed by atoms with Crippen LogP contribution in [-0.2, 0) is 4.74 Å². The highest BCUT2D eigenvalue weighted by Gasteiger charge is 2.29. The van der Waals surface area contributed by atoms with E-state index in [-0.39, 0.29) is 5.54 Å². The van der Waals surface area contributed by atoms with Gasteiger partial charge in [-0.2, -0.15) is 0 Å². The van der Waals surface area contributed by atoms with Gasteiger partial charge in [0.05, 0.1) is 12.1 Å². The summed E-state index contributed by atoms with van der Waals surface area (Å²) in [7, 11) is 1.76. The summed E-state index contributed by atoms with van der Waals surface area (Å²) in [5.74, 6) is 0. The molecule has 0 spiro atoms. The molecule has 0 aromatic carbocycles. The molecule has 0 heterocycles. The van der Waals surface area contributed by atoms with Gasteiger partial charge in [-0.15, -0.1) is 0 Å². The molecular formula is C13H28N2O. The van der Waals surface area contributed by atoms with Gasteiger partial charge in [-0.1, -0.05) is 32.6 Å². The van der Waals surface area contributed by atoms with Crippen molar-refractivity contribution in [2.75, 3.05) is 20.3 Å². The number of nitrogens with two attached hydrogens (primary N) is 1. The lowest BCUT2D eigenvalue weighted by Gasteiger charge is -2.36. The molecule has 0 aromatic rings. The van der Waals surface area contributed by atoms with Crippen LogP contribution in [0.15, 0.2) is 0 Å². The Morgan fingerprint density at radius 2 is 1.88 bits per heavy atom. The Labute approximate surface area is 100 Å². The molecule has 1 fully saturated rings. The quantitative estimate of drug-likeness (QED) is 0.684. The Morgan fingerprint density at radius 1 is 1.25 bits per heavy atom. The lowest BCUT2D eigenvalue weighted by Crippen LogP contribution is -2.57. The summed E-state index contributed by atoms with van der Waals surface area (Å²) in [6.45, 7) is 3.57. The van der Waals surface area contributed by atoms with Gasteiger partial charge in [-0.05, 0) is 19.3 Å². The second-order valence-electron chi connectivity index (χ2n) is 5.10. The van der Waals surface area contributed by atoms with Crippen molar-refractivity contribution >= 4 is 0 Å². The van der Waals surface area contributed by atoms with E-state index in [4.69, 9.17) is 10.5 Å². The van der Waals surface area contributed by atoms with Crippen molar-refractivity contribution < 1.29 is 4.74 Å². The summed E-state index contributed by atoms with van der Waals surface area (Å²) >= 11 is 0. The minimum Gasteiger partial charge on any atom is -0.383 e. The number of hydrogen-bond donors (Lipinski definition) is 2. The van der Waals surface area contributed by atoms with E-state index in [1.165, 1.54) is 38.5 Å². The molecule has 3 N–H and O–H groups in total. The SMILES string of the molecule is CCC(CN)(COC)NC1CCCCCC1. The van der Waals surface area contributed by atoms with E-state index in [1.54, 1.807) is 7.11 Å². The molecular weight excluding hydrogens is 200 g/mol. The molecule has 0 bridgehead atoms. The van der Waals surface area contributed by atoms with Crippen molar-refractivity contribution in [1.82, 2.24) is 5.32 Å². The van der Waals surface area contributed by atoms with E-state index < -0.39 is 0 Å². The first-order valence-corrected chi connectivity index (χ1v) is 6.73. The predicted octanol–water partition coefficient (Wildman–Crippen LogP) is 2.05. The molecule has 1 atom stereocenters. The van der Waals surface area contributed by atoms with E-state index in [0.29, 0.717) is 12.6 Å². The molecule has 3 nitrogen and oxygen atoms in total. The van der Waals surface area contributed by atoms with Crippen LogP contribution in [0.4, 0.5) is 0 Å². The Balaban J connectivity index is 2.51. The van der Waals surface area contributed by atoms with Crippen molar-refractivity contribution in [2.24, 2.45) is 5.73 Å². The van der Waals surface area contributed by atoms with E-state index in [1.807, 2.05) is 0 Å². The molecule has 1 rings (SSSR count). The molecule has 16 heavy (non-hydrogen) atoms. The van der Waals surface area contributed by atoms with Crippen LogP contribution < -0.4 is 11.1 Å². The number of ether oxygens (including phenoxy) is 1. The largest absolute Gasteiger partial charge is 0.383 e. The molecule has 0 radical (unpaired) electrons. The van der Waals surface area contributed by atoms with Gasteiger partial charge in [0.15, 0.2) is 0 Å². The average Bonchev–Trinajstić information content (AvgIpc) is 2.57. The molecule has 0 amide bonds. The monoisotopic (exact) mass is 228 g/mol. The van der Waals surface area contributed by atoms with E-state index >= 15 is 0 Å². The maximum absolute atomic E-state index is 5.92. The van der Waals surface area contributed by atoms with E-state index in [0.717, 1.165) is 13.0 Å². The van der Waals surface area contributed by atoms with Crippen LogP contribution >= 0.6 is 0 Å². The average molecular weight is 228 g/mol. The summed E-state index contributed by atoms with van der Waals surface area (Å²) in [6, 6.07) is 0.640. The summed E-state index contributed by atoms with van der Waals surface area (Å²) in [5.41, 5.74) is 5.91. The molecule has 0 aromatic heterocycles. The molecule has 1 aliphatic carbocycles. The number of nitrogens with one attached hydrogen (secondary N) is 1. The third-order valence-corrected chi connectivity index (χ3v) is 3.85. The fraction of sp³-hybridized carbons (Fsp3) is 1.00. The zero-order chi connectivity index (χ0) is 11.9. The Bertz CT molecular complexity index is 173. The molecule has 0 aliphatic heterocycles. The van der Waals surface area contributed by atoms with Crippen LogP contribution in [0.5, 0.6) is 0 Å². The molecule has 1 saturated carbocycles. The number of methoxy groups -OCH3 is 1. The summed E-state index contributed by atoms with van der Waals surface area (Å²) in [5, 5.41) is 3.76. The van der Waals surface area contributed by atoms with Crippen molar-refractivity contribution in [3.8, 4) is 0 Å². The van der Waals surface area contributed by atoms with Gasteiger partial charge >= 0.3 is 0 Å². The molecule has 1 unspecified atom stereocenters. The van der Waals surface area contributed by atoms with Gasteiger partial charge in [-0.25, -0.2) is 0 Å². The minimum atomic E-state index is -0.0102. The maximum atomic E-state index is 5.92. The first kappa shape index (κ1) is 13.9. The molecule has 96 valence electrons. The zero-order valence-corrected chi connectivity index (χ0v) is 10.9. The molecule has 0 saturated heterocycles. The molecule has 3 heteroatoms. The summed E-state index contributed by atoms with van der Waals surface area (Å²) < 4.78 is 5.32. The highest BCUT2D eigenvalue weighted by molar-refractivity contribution is 4.91. The van der Waals surface area contributed by atoms with Gasteiger partial charge in [-0.3, -0.25) is 0 Å². The Kier molecular flexibility index (Phi) is 6.32. The van der Waals surface area contributed by atoms with Crippen LogP contribution in [-0.4, -0.2) is 31.8 Å².